The predicted molar refractivity (Wildman–Crippen MR) is 62.7 cm³/mol. The normalized spacial score (nSPS) is 16.5. The monoisotopic (exact) mass is 224 g/mol. The molecule has 1 heterocycles. The Morgan fingerprint density at radius 1 is 1.56 bits per heavy atom. The Hall–Kier alpha value is -1.29. The fourth-order valence-corrected chi connectivity index (χ4v) is 1.43. The molecule has 1 rings (SSSR count). The molecule has 0 aliphatic heterocycles. The molecular formula is C12H20N2O2. The minimum atomic E-state index is -0.456. The summed E-state index contributed by atoms with van der Waals surface area (Å²) >= 11 is 0. The summed E-state index contributed by atoms with van der Waals surface area (Å²) in [4.78, 5) is 11.8. The molecule has 0 saturated heterocycles. The van der Waals surface area contributed by atoms with Gasteiger partial charge in [-0.25, -0.2) is 0 Å². The van der Waals surface area contributed by atoms with E-state index in [1.54, 1.807) is 12.3 Å². The largest absolute Gasteiger partial charge is 0.467 e. The van der Waals surface area contributed by atoms with Gasteiger partial charge in [0.1, 0.15) is 5.76 Å². The van der Waals surface area contributed by atoms with Crippen LogP contribution in [-0.4, -0.2) is 11.9 Å². The average molecular weight is 224 g/mol. The maximum absolute atomic E-state index is 11.8. The van der Waals surface area contributed by atoms with Gasteiger partial charge in [0, 0.05) is 0 Å². The van der Waals surface area contributed by atoms with Crippen molar-refractivity contribution in [2.45, 2.75) is 39.3 Å². The Kier molecular flexibility index (Phi) is 4.55. The van der Waals surface area contributed by atoms with Crippen molar-refractivity contribution in [2.24, 2.45) is 11.7 Å². The van der Waals surface area contributed by atoms with Crippen LogP contribution in [0.25, 0.3) is 0 Å². The van der Waals surface area contributed by atoms with Crippen LogP contribution < -0.4 is 11.1 Å². The van der Waals surface area contributed by atoms with Gasteiger partial charge in [-0.3, -0.25) is 4.79 Å². The molecule has 90 valence electrons. The van der Waals surface area contributed by atoms with Gasteiger partial charge in [-0.2, -0.15) is 0 Å². The smallest absolute Gasteiger partial charge is 0.237 e. The van der Waals surface area contributed by atoms with Crippen molar-refractivity contribution >= 4 is 5.91 Å². The molecule has 0 saturated carbocycles. The number of hydrogen-bond acceptors (Lipinski definition) is 3. The van der Waals surface area contributed by atoms with E-state index >= 15 is 0 Å². The number of rotatable bonds is 5. The van der Waals surface area contributed by atoms with Gasteiger partial charge in [0.05, 0.1) is 18.3 Å². The summed E-state index contributed by atoms with van der Waals surface area (Å²) in [6.45, 7) is 5.87. The number of amides is 1. The summed E-state index contributed by atoms with van der Waals surface area (Å²) in [6, 6.07) is 3.03. The van der Waals surface area contributed by atoms with E-state index in [2.05, 4.69) is 5.32 Å². The van der Waals surface area contributed by atoms with Crippen LogP contribution in [0, 0.1) is 5.92 Å². The second kappa shape index (κ2) is 5.70. The molecule has 1 aromatic heterocycles. The summed E-state index contributed by atoms with van der Waals surface area (Å²) in [5, 5.41) is 2.84. The standard InChI is InChI=1S/C12H20N2O2/c1-4-8(2)11(13)12(15)14-9(3)10-6-5-7-16-10/h5-9,11H,4,13H2,1-3H3,(H,14,15)/t8-,9+,11-/m0/s1. The number of furan rings is 1. The Labute approximate surface area is 96.2 Å². The van der Waals surface area contributed by atoms with Gasteiger partial charge in [0.15, 0.2) is 0 Å². The zero-order valence-electron chi connectivity index (χ0n) is 10.1. The SMILES string of the molecule is CC[C@H](C)[C@H](N)C(=O)N[C@H](C)c1ccco1. The van der Waals surface area contributed by atoms with E-state index in [0.29, 0.717) is 0 Å². The highest BCUT2D eigenvalue weighted by molar-refractivity contribution is 5.82. The van der Waals surface area contributed by atoms with Gasteiger partial charge in [0.2, 0.25) is 5.91 Å². The first-order valence-electron chi connectivity index (χ1n) is 5.65. The van der Waals surface area contributed by atoms with Gasteiger partial charge < -0.3 is 15.5 Å². The van der Waals surface area contributed by atoms with Crippen LogP contribution in [0.2, 0.25) is 0 Å². The van der Waals surface area contributed by atoms with Crippen molar-refractivity contribution in [3.05, 3.63) is 24.2 Å². The zero-order valence-corrected chi connectivity index (χ0v) is 10.1. The van der Waals surface area contributed by atoms with Crippen molar-refractivity contribution in [2.75, 3.05) is 0 Å². The fourth-order valence-electron chi connectivity index (χ4n) is 1.43. The van der Waals surface area contributed by atoms with Crippen LogP contribution in [-0.2, 0) is 4.79 Å². The summed E-state index contributed by atoms with van der Waals surface area (Å²) in [6.07, 6.45) is 2.48. The maximum atomic E-state index is 11.8. The molecule has 0 aliphatic rings. The van der Waals surface area contributed by atoms with Crippen LogP contribution in [0.1, 0.15) is 39.0 Å². The summed E-state index contributed by atoms with van der Waals surface area (Å²) in [7, 11) is 0. The molecule has 1 aromatic rings. The Morgan fingerprint density at radius 3 is 2.75 bits per heavy atom. The first kappa shape index (κ1) is 12.8. The summed E-state index contributed by atoms with van der Waals surface area (Å²) in [5.74, 6) is 0.798. The van der Waals surface area contributed by atoms with Gasteiger partial charge in [-0.1, -0.05) is 20.3 Å². The lowest BCUT2D eigenvalue weighted by atomic mass is 9.99. The predicted octanol–water partition coefficient (Wildman–Crippen LogP) is 1.83. The number of nitrogens with one attached hydrogen (secondary N) is 1. The Balaban J connectivity index is 2.51. The highest BCUT2D eigenvalue weighted by Crippen LogP contribution is 2.13. The topological polar surface area (TPSA) is 68.3 Å². The number of hydrogen-bond donors (Lipinski definition) is 2. The highest BCUT2D eigenvalue weighted by Gasteiger charge is 2.21. The molecular weight excluding hydrogens is 204 g/mol. The molecule has 0 bridgehead atoms. The molecule has 0 fully saturated rings. The molecule has 0 aliphatic carbocycles. The van der Waals surface area contributed by atoms with E-state index in [9.17, 15) is 4.79 Å². The summed E-state index contributed by atoms with van der Waals surface area (Å²) < 4.78 is 5.21. The van der Waals surface area contributed by atoms with E-state index < -0.39 is 6.04 Å². The second-order valence-corrected chi connectivity index (χ2v) is 4.16. The molecule has 3 N–H and O–H groups in total. The van der Waals surface area contributed by atoms with Crippen LogP contribution in [0.15, 0.2) is 22.8 Å². The van der Waals surface area contributed by atoms with Gasteiger partial charge in [-0.15, -0.1) is 0 Å². The van der Waals surface area contributed by atoms with Gasteiger partial charge in [-0.05, 0) is 25.0 Å². The number of carbonyl (C=O) groups excluding carboxylic acids is 1. The Bertz CT molecular complexity index is 322. The zero-order chi connectivity index (χ0) is 12.1. The first-order valence-corrected chi connectivity index (χ1v) is 5.65. The van der Waals surface area contributed by atoms with Gasteiger partial charge >= 0.3 is 0 Å². The third-order valence-electron chi connectivity index (χ3n) is 2.89. The quantitative estimate of drug-likeness (QED) is 0.801. The van der Waals surface area contributed by atoms with Crippen molar-refractivity contribution in [3.63, 3.8) is 0 Å². The lowest BCUT2D eigenvalue weighted by molar-refractivity contribution is -0.124. The average Bonchev–Trinajstić information content (AvgIpc) is 2.80. The molecule has 16 heavy (non-hydrogen) atoms. The number of carbonyl (C=O) groups is 1. The van der Waals surface area contributed by atoms with Crippen LogP contribution in [0.5, 0.6) is 0 Å². The van der Waals surface area contributed by atoms with E-state index in [4.69, 9.17) is 10.2 Å². The van der Waals surface area contributed by atoms with Crippen molar-refractivity contribution in [3.8, 4) is 0 Å². The van der Waals surface area contributed by atoms with Crippen LogP contribution in [0.4, 0.5) is 0 Å². The molecule has 0 spiro atoms. The second-order valence-electron chi connectivity index (χ2n) is 4.16. The maximum Gasteiger partial charge on any atom is 0.237 e. The number of nitrogens with two attached hydrogens (primary N) is 1. The lowest BCUT2D eigenvalue weighted by Gasteiger charge is -2.20. The third kappa shape index (κ3) is 3.10. The minimum absolute atomic E-state index is 0.127. The van der Waals surface area contributed by atoms with Crippen molar-refractivity contribution in [1.82, 2.24) is 5.32 Å². The summed E-state index contributed by atoms with van der Waals surface area (Å²) in [5.41, 5.74) is 5.83. The van der Waals surface area contributed by atoms with Crippen molar-refractivity contribution < 1.29 is 9.21 Å². The van der Waals surface area contributed by atoms with E-state index in [1.165, 1.54) is 0 Å². The molecule has 0 radical (unpaired) electrons. The first-order chi connectivity index (χ1) is 7.56. The van der Waals surface area contributed by atoms with Crippen molar-refractivity contribution in [1.29, 1.82) is 0 Å². The highest BCUT2D eigenvalue weighted by atomic mass is 16.3. The van der Waals surface area contributed by atoms with Gasteiger partial charge in [0.25, 0.3) is 0 Å². The van der Waals surface area contributed by atoms with Crippen LogP contribution in [0.3, 0.4) is 0 Å². The van der Waals surface area contributed by atoms with Crippen LogP contribution >= 0.6 is 0 Å². The molecule has 3 atom stereocenters. The lowest BCUT2D eigenvalue weighted by Crippen LogP contribution is -2.45. The molecule has 4 nitrogen and oxygen atoms in total. The molecule has 0 aromatic carbocycles. The third-order valence-corrected chi connectivity index (χ3v) is 2.89. The minimum Gasteiger partial charge on any atom is -0.467 e. The van der Waals surface area contributed by atoms with E-state index in [-0.39, 0.29) is 17.9 Å². The molecule has 1 amide bonds. The fraction of sp³-hybridized carbons (Fsp3) is 0.583. The van der Waals surface area contributed by atoms with E-state index in [1.807, 2.05) is 26.8 Å². The molecule has 0 unspecified atom stereocenters. The van der Waals surface area contributed by atoms with E-state index in [0.717, 1.165) is 12.2 Å². The molecule has 4 heteroatoms. The Morgan fingerprint density at radius 2 is 2.25 bits per heavy atom.